The Balaban J connectivity index is 1.84. The van der Waals surface area contributed by atoms with Gasteiger partial charge in [0.25, 0.3) is 5.91 Å². The van der Waals surface area contributed by atoms with Crippen LogP contribution in [-0.4, -0.2) is 41.7 Å². The molecule has 1 atom stereocenters. The van der Waals surface area contributed by atoms with Crippen LogP contribution in [0, 0.1) is 0 Å². The van der Waals surface area contributed by atoms with Crippen molar-refractivity contribution in [2.75, 3.05) is 19.7 Å². The van der Waals surface area contributed by atoms with E-state index in [0.29, 0.717) is 25.3 Å². The van der Waals surface area contributed by atoms with Crippen molar-refractivity contribution >= 4 is 21.8 Å². The van der Waals surface area contributed by atoms with Gasteiger partial charge in [0.05, 0.1) is 6.10 Å². The summed E-state index contributed by atoms with van der Waals surface area (Å²) in [5, 5.41) is 9.33. The van der Waals surface area contributed by atoms with Crippen molar-refractivity contribution in [3.63, 3.8) is 0 Å². The number of likely N-dealkylation sites (tertiary alicyclic amines) is 1. The standard InChI is InChI=1S/C12H14BrNO3/c13-9-2-1-3-11(6-9)17-8-12(16)14-5-4-10(15)7-14/h1-3,6,10,15H,4-5,7-8H2. The van der Waals surface area contributed by atoms with Crippen molar-refractivity contribution in [2.45, 2.75) is 12.5 Å². The fourth-order valence-electron chi connectivity index (χ4n) is 1.76. The van der Waals surface area contributed by atoms with Gasteiger partial charge in [-0.2, -0.15) is 0 Å². The number of benzene rings is 1. The molecule has 92 valence electrons. The average molecular weight is 300 g/mol. The molecule has 0 aromatic heterocycles. The first-order chi connectivity index (χ1) is 8.15. The van der Waals surface area contributed by atoms with Crippen LogP contribution >= 0.6 is 15.9 Å². The molecule has 17 heavy (non-hydrogen) atoms. The Morgan fingerprint density at radius 2 is 2.41 bits per heavy atom. The quantitative estimate of drug-likeness (QED) is 0.918. The van der Waals surface area contributed by atoms with Crippen LogP contribution in [0.25, 0.3) is 0 Å². The van der Waals surface area contributed by atoms with Crippen molar-refractivity contribution in [3.05, 3.63) is 28.7 Å². The highest BCUT2D eigenvalue weighted by Crippen LogP contribution is 2.18. The molecular weight excluding hydrogens is 286 g/mol. The SMILES string of the molecule is O=C(COc1cccc(Br)c1)N1CCC(O)C1. The normalized spacial score (nSPS) is 19.4. The van der Waals surface area contributed by atoms with Gasteiger partial charge in [-0.1, -0.05) is 22.0 Å². The molecule has 1 aliphatic rings. The number of hydrogen-bond acceptors (Lipinski definition) is 3. The Hall–Kier alpha value is -1.07. The summed E-state index contributed by atoms with van der Waals surface area (Å²) < 4.78 is 6.31. The van der Waals surface area contributed by atoms with Crippen LogP contribution in [0.5, 0.6) is 5.75 Å². The van der Waals surface area contributed by atoms with E-state index in [0.717, 1.165) is 4.47 Å². The summed E-state index contributed by atoms with van der Waals surface area (Å²) in [5.41, 5.74) is 0. The van der Waals surface area contributed by atoms with Gasteiger partial charge in [0.15, 0.2) is 6.61 Å². The molecule has 1 fully saturated rings. The highest BCUT2D eigenvalue weighted by molar-refractivity contribution is 9.10. The second kappa shape index (κ2) is 5.51. The maximum Gasteiger partial charge on any atom is 0.260 e. The van der Waals surface area contributed by atoms with Crippen LogP contribution in [0.4, 0.5) is 0 Å². The Kier molecular flexibility index (Phi) is 4.02. The molecule has 0 aliphatic carbocycles. The van der Waals surface area contributed by atoms with Crippen molar-refractivity contribution < 1.29 is 14.6 Å². The number of aliphatic hydroxyl groups excluding tert-OH is 1. The molecule has 0 spiro atoms. The molecular formula is C12H14BrNO3. The van der Waals surface area contributed by atoms with E-state index in [9.17, 15) is 9.90 Å². The lowest BCUT2D eigenvalue weighted by molar-refractivity contribution is -0.132. The summed E-state index contributed by atoms with van der Waals surface area (Å²) in [5.74, 6) is 0.578. The minimum Gasteiger partial charge on any atom is -0.484 e. The van der Waals surface area contributed by atoms with Crippen molar-refractivity contribution in [1.82, 2.24) is 4.90 Å². The molecule has 0 bridgehead atoms. The van der Waals surface area contributed by atoms with Crippen LogP contribution < -0.4 is 4.74 Å². The lowest BCUT2D eigenvalue weighted by atomic mass is 10.3. The highest BCUT2D eigenvalue weighted by atomic mass is 79.9. The first-order valence-corrected chi connectivity index (χ1v) is 6.28. The number of carbonyl (C=O) groups is 1. The largest absolute Gasteiger partial charge is 0.484 e. The second-order valence-corrected chi connectivity index (χ2v) is 4.94. The van der Waals surface area contributed by atoms with Crippen LogP contribution in [0.1, 0.15) is 6.42 Å². The van der Waals surface area contributed by atoms with Gasteiger partial charge in [-0.25, -0.2) is 0 Å². The number of nitrogens with zero attached hydrogens (tertiary/aromatic N) is 1. The van der Waals surface area contributed by atoms with Gasteiger partial charge in [-0.15, -0.1) is 0 Å². The molecule has 1 aliphatic heterocycles. The topological polar surface area (TPSA) is 49.8 Å². The third kappa shape index (κ3) is 3.44. The van der Waals surface area contributed by atoms with Gasteiger partial charge in [0.1, 0.15) is 5.75 Å². The molecule has 1 N–H and O–H groups in total. The first kappa shape index (κ1) is 12.4. The van der Waals surface area contributed by atoms with Crippen LogP contribution in [0.15, 0.2) is 28.7 Å². The molecule has 2 rings (SSSR count). The summed E-state index contributed by atoms with van der Waals surface area (Å²) >= 11 is 3.33. The number of aliphatic hydroxyl groups is 1. The number of carbonyl (C=O) groups excluding carboxylic acids is 1. The number of ether oxygens (including phenoxy) is 1. The summed E-state index contributed by atoms with van der Waals surface area (Å²) in [6, 6.07) is 7.36. The lowest BCUT2D eigenvalue weighted by Crippen LogP contribution is -2.33. The lowest BCUT2D eigenvalue weighted by Gasteiger charge is -2.15. The van der Waals surface area contributed by atoms with E-state index < -0.39 is 0 Å². The minimum absolute atomic E-state index is 0.0170. The monoisotopic (exact) mass is 299 g/mol. The first-order valence-electron chi connectivity index (χ1n) is 5.49. The molecule has 1 aromatic rings. The van der Waals surface area contributed by atoms with E-state index in [1.165, 1.54) is 0 Å². The average Bonchev–Trinajstić information content (AvgIpc) is 2.73. The van der Waals surface area contributed by atoms with E-state index in [1.54, 1.807) is 11.0 Å². The third-order valence-corrected chi connectivity index (χ3v) is 3.17. The predicted molar refractivity (Wildman–Crippen MR) is 66.8 cm³/mol. The van der Waals surface area contributed by atoms with Crippen molar-refractivity contribution in [1.29, 1.82) is 0 Å². The molecule has 1 saturated heterocycles. The molecule has 4 nitrogen and oxygen atoms in total. The van der Waals surface area contributed by atoms with Gasteiger partial charge >= 0.3 is 0 Å². The molecule has 1 heterocycles. The Labute approximate surface area is 108 Å². The zero-order valence-corrected chi connectivity index (χ0v) is 10.9. The molecule has 1 aromatic carbocycles. The molecule has 0 radical (unpaired) electrons. The number of rotatable bonds is 3. The molecule has 0 saturated carbocycles. The van der Waals surface area contributed by atoms with E-state index in [-0.39, 0.29) is 18.6 Å². The van der Waals surface area contributed by atoms with Gasteiger partial charge in [-0.05, 0) is 24.6 Å². The Morgan fingerprint density at radius 3 is 3.06 bits per heavy atom. The van der Waals surface area contributed by atoms with Crippen LogP contribution in [0.2, 0.25) is 0 Å². The maximum absolute atomic E-state index is 11.7. The minimum atomic E-state index is -0.384. The predicted octanol–water partition coefficient (Wildman–Crippen LogP) is 1.42. The maximum atomic E-state index is 11.7. The van der Waals surface area contributed by atoms with Gasteiger partial charge in [-0.3, -0.25) is 4.79 Å². The zero-order valence-electron chi connectivity index (χ0n) is 9.30. The Bertz CT molecular complexity index is 410. The smallest absolute Gasteiger partial charge is 0.260 e. The molecule has 5 heteroatoms. The highest BCUT2D eigenvalue weighted by Gasteiger charge is 2.24. The summed E-state index contributed by atoms with van der Waals surface area (Å²) in [6.45, 7) is 1.05. The summed E-state index contributed by atoms with van der Waals surface area (Å²) in [7, 11) is 0. The second-order valence-electron chi connectivity index (χ2n) is 4.03. The Morgan fingerprint density at radius 1 is 1.59 bits per heavy atom. The number of halogens is 1. The number of amides is 1. The van der Waals surface area contributed by atoms with Gasteiger partial charge < -0.3 is 14.7 Å². The van der Waals surface area contributed by atoms with Crippen LogP contribution in [-0.2, 0) is 4.79 Å². The van der Waals surface area contributed by atoms with E-state index in [1.807, 2.05) is 18.2 Å². The summed E-state index contributed by atoms with van der Waals surface area (Å²) in [4.78, 5) is 13.4. The van der Waals surface area contributed by atoms with E-state index >= 15 is 0 Å². The number of hydrogen-bond donors (Lipinski definition) is 1. The van der Waals surface area contributed by atoms with Gasteiger partial charge in [0, 0.05) is 17.6 Å². The van der Waals surface area contributed by atoms with Crippen molar-refractivity contribution in [2.24, 2.45) is 0 Å². The fraction of sp³-hybridized carbons (Fsp3) is 0.417. The van der Waals surface area contributed by atoms with Gasteiger partial charge in [0.2, 0.25) is 0 Å². The summed E-state index contributed by atoms with van der Waals surface area (Å²) in [6.07, 6.45) is 0.271. The van der Waals surface area contributed by atoms with Crippen molar-refractivity contribution in [3.8, 4) is 5.75 Å². The molecule has 1 unspecified atom stereocenters. The van der Waals surface area contributed by atoms with E-state index in [4.69, 9.17) is 4.74 Å². The molecule has 1 amide bonds. The third-order valence-electron chi connectivity index (χ3n) is 2.67. The van der Waals surface area contributed by atoms with E-state index in [2.05, 4.69) is 15.9 Å². The van der Waals surface area contributed by atoms with Crippen LogP contribution in [0.3, 0.4) is 0 Å². The number of β-amino-alcohol motifs (C(OH)–C–C–N with tert-alkyl or cyclic N) is 1. The fourth-order valence-corrected chi connectivity index (χ4v) is 2.14. The zero-order chi connectivity index (χ0) is 12.3.